The van der Waals surface area contributed by atoms with Crippen LogP contribution in [0, 0.1) is 0 Å². The summed E-state index contributed by atoms with van der Waals surface area (Å²) in [4.78, 5) is 16.2. The molecule has 0 unspecified atom stereocenters. The van der Waals surface area contributed by atoms with E-state index in [2.05, 4.69) is 16.4 Å². The van der Waals surface area contributed by atoms with Crippen LogP contribution in [-0.4, -0.2) is 31.7 Å². The van der Waals surface area contributed by atoms with Crippen molar-refractivity contribution in [2.75, 3.05) is 20.8 Å². The summed E-state index contributed by atoms with van der Waals surface area (Å²) in [7, 11) is 3.11. The molecule has 1 atom stereocenters. The molecular formula is C25H23ClN2O3. The zero-order valence-corrected chi connectivity index (χ0v) is 18.1. The maximum Gasteiger partial charge on any atom is 0.251 e. The van der Waals surface area contributed by atoms with Gasteiger partial charge in [0.05, 0.1) is 14.2 Å². The zero-order chi connectivity index (χ0) is 21.8. The molecule has 0 fully saturated rings. The lowest BCUT2D eigenvalue weighted by Crippen LogP contribution is -2.29. The Morgan fingerprint density at radius 1 is 0.968 bits per heavy atom. The highest BCUT2D eigenvalue weighted by molar-refractivity contribution is 6.31. The Kier molecular flexibility index (Phi) is 6.14. The number of nitrogens with one attached hydrogen (secondary N) is 2. The molecule has 0 aliphatic carbocycles. The molecular weight excluding hydrogens is 412 g/mol. The number of benzene rings is 3. The van der Waals surface area contributed by atoms with E-state index in [4.69, 9.17) is 21.1 Å². The lowest BCUT2D eigenvalue weighted by Gasteiger charge is -2.19. The molecule has 4 aromatic rings. The second-order valence-electron chi connectivity index (χ2n) is 7.14. The summed E-state index contributed by atoms with van der Waals surface area (Å²) in [5, 5.41) is 4.83. The van der Waals surface area contributed by atoms with Crippen molar-refractivity contribution >= 4 is 28.4 Å². The third-order valence-corrected chi connectivity index (χ3v) is 5.73. The minimum atomic E-state index is -0.196. The van der Waals surface area contributed by atoms with E-state index in [0.29, 0.717) is 28.6 Å². The van der Waals surface area contributed by atoms with E-state index in [1.807, 2.05) is 48.7 Å². The summed E-state index contributed by atoms with van der Waals surface area (Å²) >= 11 is 6.54. The number of aromatic amines is 1. The molecule has 5 nitrogen and oxygen atoms in total. The Bertz CT molecular complexity index is 1220. The Morgan fingerprint density at radius 3 is 2.48 bits per heavy atom. The van der Waals surface area contributed by atoms with E-state index >= 15 is 0 Å². The summed E-state index contributed by atoms with van der Waals surface area (Å²) in [6.07, 6.45) is 1.99. The number of carbonyl (C=O) groups excluding carboxylic acids is 1. The van der Waals surface area contributed by atoms with Gasteiger partial charge in [-0.15, -0.1) is 0 Å². The van der Waals surface area contributed by atoms with Gasteiger partial charge in [0.15, 0.2) is 11.5 Å². The first-order chi connectivity index (χ1) is 15.1. The number of methoxy groups -OCH3 is 2. The Balaban J connectivity index is 1.65. The molecule has 3 aromatic carbocycles. The van der Waals surface area contributed by atoms with Crippen molar-refractivity contribution in [2.24, 2.45) is 0 Å². The van der Waals surface area contributed by atoms with Crippen molar-refractivity contribution in [3.8, 4) is 11.5 Å². The number of amides is 1. The average molecular weight is 435 g/mol. The van der Waals surface area contributed by atoms with Crippen LogP contribution in [0.15, 0.2) is 72.9 Å². The molecule has 31 heavy (non-hydrogen) atoms. The number of aromatic nitrogens is 1. The fraction of sp³-hybridized carbons (Fsp3) is 0.160. The first-order valence-electron chi connectivity index (χ1n) is 9.93. The molecule has 0 bridgehead atoms. The highest BCUT2D eigenvalue weighted by Gasteiger charge is 2.21. The molecule has 2 N–H and O–H groups in total. The number of ether oxygens (including phenoxy) is 2. The minimum absolute atomic E-state index is 0.117. The van der Waals surface area contributed by atoms with Crippen LogP contribution in [0.2, 0.25) is 5.02 Å². The Hall–Kier alpha value is -3.44. The average Bonchev–Trinajstić information content (AvgIpc) is 3.23. The number of fused-ring (bicyclic) bond motifs is 1. The molecule has 1 amide bonds. The van der Waals surface area contributed by atoms with Gasteiger partial charge in [-0.1, -0.05) is 48.0 Å². The third kappa shape index (κ3) is 4.23. The highest BCUT2D eigenvalue weighted by Crippen LogP contribution is 2.34. The Labute approximate surface area is 186 Å². The van der Waals surface area contributed by atoms with E-state index in [1.165, 1.54) is 0 Å². The van der Waals surface area contributed by atoms with Crippen molar-refractivity contribution in [3.05, 3.63) is 94.6 Å². The lowest BCUT2D eigenvalue weighted by atomic mass is 9.90. The molecule has 0 saturated heterocycles. The van der Waals surface area contributed by atoms with Crippen molar-refractivity contribution in [1.82, 2.24) is 10.3 Å². The van der Waals surface area contributed by atoms with Gasteiger partial charge in [0.25, 0.3) is 5.91 Å². The summed E-state index contributed by atoms with van der Waals surface area (Å²) < 4.78 is 10.6. The molecule has 6 heteroatoms. The quantitative estimate of drug-likeness (QED) is 0.409. The predicted molar refractivity (Wildman–Crippen MR) is 123 cm³/mol. The van der Waals surface area contributed by atoms with E-state index in [1.54, 1.807) is 32.4 Å². The van der Waals surface area contributed by atoms with E-state index in [9.17, 15) is 4.79 Å². The number of H-pyrrole nitrogens is 1. The first kappa shape index (κ1) is 20.8. The van der Waals surface area contributed by atoms with Gasteiger partial charge in [-0.25, -0.2) is 0 Å². The summed E-state index contributed by atoms with van der Waals surface area (Å²) in [5.74, 6) is 0.771. The second-order valence-corrected chi connectivity index (χ2v) is 7.55. The number of halogens is 1. The Morgan fingerprint density at radius 2 is 1.71 bits per heavy atom. The second kappa shape index (κ2) is 9.14. The molecule has 1 aromatic heterocycles. The smallest absolute Gasteiger partial charge is 0.251 e. The monoisotopic (exact) mass is 434 g/mol. The van der Waals surface area contributed by atoms with Crippen LogP contribution in [-0.2, 0) is 0 Å². The van der Waals surface area contributed by atoms with Crippen LogP contribution < -0.4 is 14.8 Å². The van der Waals surface area contributed by atoms with E-state index < -0.39 is 0 Å². The van der Waals surface area contributed by atoms with Crippen LogP contribution in [0.25, 0.3) is 10.9 Å². The van der Waals surface area contributed by atoms with Crippen molar-refractivity contribution in [2.45, 2.75) is 5.92 Å². The number of carbonyl (C=O) groups is 1. The topological polar surface area (TPSA) is 63.3 Å². The standard InChI is InChI=1S/C25H23ClN2O3/c1-30-23-12-11-16(13-24(23)31-2)25(29)28-15-19(17-7-3-5-9-21(17)26)20-14-27-22-10-6-4-8-18(20)22/h3-14,19,27H,15H2,1-2H3,(H,28,29)/t19-/m1/s1. The normalized spacial score (nSPS) is 11.8. The van der Waals surface area contributed by atoms with Crippen LogP contribution in [0.1, 0.15) is 27.4 Å². The number of hydrogen-bond acceptors (Lipinski definition) is 3. The zero-order valence-electron chi connectivity index (χ0n) is 17.3. The van der Waals surface area contributed by atoms with Crippen molar-refractivity contribution < 1.29 is 14.3 Å². The van der Waals surface area contributed by atoms with Gasteiger partial charge in [0.2, 0.25) is 0 Å². The van der Waals surface area contributed by atoms with Gasteiger partial charge in [-0.2, -0.15) is 0 Å². The fourth-order valence-electron chi connectivity index (χ4n) is 3.80. The highest BCUT2D eigenvalue weighted by atomic mass is 35.5. The fourth-order valence-corrected chi connectivity index (χ4v) is 4.07. The lowest BCUT2D eigenvalue weighted by molar-refractivity contribution is 0.0952. The van der Waals surface area contributed by atoms with Crippen LogP contribution in [0.5, 0.6) is 11.5 Å². The molecule has 158 valence electrons. The van der Waals surface area contributed by atoms with Crippen molar-refractivity contribution in [1.29, 1.82) is 0 Å². The molecule has 0 aliphatic rings. The van der Waals surface area contributed by atoms with Crippen LogP contribution >= 0.6 is 11.6 Å². The van der Waals surface area contributed by atoms with Crippen LogP contribution in [0.4, 0.5) is 0 Å². The molecule has 4 rings (SSSR count). The van der Waals surface area contributed by atoms with Crippen LogP contribution in [0.3, 0.4) is 0 Å². The van der Waals surface area contributed by atoms with Gasteiger partial charge in [-0.3, -0.25) is 4.79 Å². The van der Waals surface area contributed by atoms with E-state index in [0.717, 1.165) is 22.0 Å². The largest absolute Gasteiger partial charge is 0.493 e. The maximum atomic E-state index is 12.9. The van der Waals surface area contributed by atoms with Gasteiger partial charge >= 0.3 is 0 Å². The maximum absolute atomic E-state index is 12.9. The molecule has 1 heterocycles. The molecule has 0 aliphatic heterocycles. The van der Waals surface area contributed by atoms with Gasteiger partial charge in [-0.05, 0) is 41.5 Å². The summed E-state index contributed by atoms with van der Waals surface area (Å²) in [6, 6.07) is 20.9. The number of para-hydroxylation sites is 1. The molecule has 0 saturated carbocycles. The number of hydrogen-bond donors (Lipinski definition) is 2. The molecule has 0 radical (unpaired) electrons. The minimum Gasteiger partial charge on any atom is -0.493 e. The van der Waals surface area contributed by atoms with E-state index in [-0.39, 0.29) is 11.8 Å². The number of rotatable bonds is 7. The predicted octanol–water partition coefficient (Wildman–Crippen LogP) is 5.40. The summed E-state index contributed by atoms with van der Waals surface area (Å²) in [6.45, 7) is 0.388. The van der Waals surface area contributed by atoms with Gasteiger partial charge in [0, 0.05) is 40.1 Å². The SMILES string of the molecule is COc1ccc(C(=O)NC[C@H](c2ccccc2Cl)c2c[nH]c3ccccc23)cc1OC. The van der Waals surface area contributed by atoms with Gasteiger partial charge in [0.1, 0.15) is 0 Å². The third-order valence-electron chi connectivity index (χ3n) is 5.39. The van der Waals surface area contributed by atoms with Crippen molar-refractivity contribution in [3.63, 3.8) is 0 Å². The van der Waals surface area contributed by atoms with Gasteiger partial charge < -0.3 is 19.8 Å². The molecule has 0 spiro atoms. The first-order valence-corrected chi connectivity index (χ1v) is 10.3. The summed E-state index contributed by atoms with van der Waals surface area (Å²) in [5.41, 5.74) is 3.58.